The molecule has 1 aromatic carbocycles. The number of allylic oxidation sites excluding steroid dienone is 4. The Balaban J connectivity index is 2.24. The normalized spacial score (nSPS) is 14.3. The molecule has 0 fully saturated rings. The number of fused-ring (bicyclic) bond motifs is 1. The van der Waals surface area contributed by atoms with Crippen LogP contribution in [0.3, 0.4) is 0 Å². The van der Waals surface area contributed by atoms with Crippen molar-refractivity contribution in [3.63, 3.8) is 0 Å². The first kappa shape index (κ1) is 21.3. The van der Waals surface area contributed by atoms with Crippen molar-refractivity contribution in [2.24, 2.45) is 5.92 Å². The van der Waals surface area contributed by atoms with Gasteiger partial charge in [0.25, 0.3) is 0 Å². The first-order valence-corrected chi connectivity index (χ1v) is 9.58. The van der Waals surface area contributed by atoms with Crippen molar-refractivity contribution in [1.29, 1.82) is 0 Å². The third kappa shape index (κ3) is 3.61. The van der Waals surface area contributed by atoms with Crippen molar-refractivity contribution in [2.45, 2.75) is 27.2 Å². The summed E-state index contributed by atoms with van der Waals surface area (Å²) in [6, 6.07) is 6.52. The average Bonchev–Trinajstić information content (AvgIpc) is 3.26. The molecule has 3 rings (SSSR count). The zero-order chi connectivity index (χ0) is 22.0. The number of furan rings is 1. The van der Waals surface area contributed by atoms with Crippen molar-refractivity contribution in [2.75, 3.05) is 14.2 Å². The second-order valence-electron chi connectivity index (χ2n) is 7.35. The van der Waals surface area contributed by atoms with Gasteiger partial charge in [-0.1, -0.05) is 17.7 Å². The van der Waals surface area contributed by atoms with Gasteiger partial charge in [0, 0.05) is 5.56 Å². The average molecular weight is 408 g/mol. The van der Waals surface area contributed by atoms with Crippen LogP contribution in [-0.2, 0) is 4.74 Å². The van der Waals surface area contributed by atoms with E-state index in [4.69, 9.17) is 13.9 Å². The van der Waals surface area contributed by atoms with Crippen molar-refractivity contribution < 1.29 is 28.3 Å². The number of carbonyl (C=O) groups is 3. The monoisotopic (exact) mass is 408 g/mol. The number of ketones is 3. The molecule has 1 aliphatic rings. The molecule has 30 heavy (non-hydrogen) atoms. The number of benzene rings is 1. The molecule has 0 aliphatic heterocycles. The van der Waals surface area contributed by atoms with Gasteiger partial charge in [-0.25, -0.2) is 0 Å². The molecular formula is C24H24O6. The van der Waals surface area contributed by atoms with Crippen molar-refractivity contribution in [3.8, 4) is 5.75 Å². The van der Waals surface area contributed by atoms with Gasteiger partial charge in [-0.05, 0) is 51.0 Å². The van der Waals surface area contributed by atoms with Crippen LogP contribution in [-0.4, -0.2) is 31.6 Å². The number of rotatable bonds is 7. The van der Waals surface area contributed by atoms with Crippen LogP contribution in [0.25, 0.3) is 0 Å². The molecule has 1 aromatic heterocycles. The Hall–Kier alpha value is -3.41. The molecule has 6 heteroatoms. The van der Waals surface area contributed by atoms with E-state index in [2.05, 4.69) is 0 Å². The van der Waals surface area contributed by atoms with E-state index in [1.807, 2.05) is 19.9 Å². The topological polar surface area (TPSA) is 82.8 Å². The van der Waals surface area contributed by atoms with Crippen LogP contribution >= 0.6 is 0 Å². The Labute approximate surface area is 175 Å². The summed E-state index contributed by atoms with van der Waals surface area (Å²) in [5.41, 5.74) is 2.06. The summed E-state index contributed by atoms with van der Waals surface area (Å²) in [4.78, 5) is 40.2. The fraction of sp³-hybridized carbons (Fsp3) is 0.292. The summed E-state index contributed by atoms with van der Waals surface area (Å²) in [5, 5.41) is 0. The van der Waals surface area contributed by atoms with Crippen LogP contribution in [0, 0.1) is 12.8 Å². The van der Waals surface area contributed by atoms with Gasteiger partial charge in [0.05, 0.1) is 37.5 Å². The largest absolute Gasteiger partial charge is 0.496 e. The third-order valence-corrected chi connectivity index (χ3v) is 5.14. The first-order chi connectivity index (χ1) is 14.3. The maximum absolute atomic E-state index is 13.6. The van der Waals surface area contributed by atoms with E-state index in [1.165, 1.54) is 20.5 Å². The number of Topliss-reactive ketones (excluding diaryl/α,β-unsaturated/α-hetero) is 3. The molecule has 0 N–H and O–H groups in total. The molecular weight excluding hydrogens is 384 g/mol. The molecule has 0 amide bonds. The minimum absolute atomic E-state index is 0.0465. The van der Waals surface area contributed by atoms with E-state index in [1.54, 1.807) is 31.2 Å². The van der Waals surface area contributed by atoms with E-state index in [-0.39, 0.29) is 40.4 Å². The highest BCUT2D eigenvalue weighted by atomic mass is 16.5. The van der Waals surface area contributed by atoms with Gasteiger partial charge in [0.2, 0.25) is 11.6 Å². The van der Waals surface area contributed by atoms with Crippen molar-refractivity contribution in [1.82, 2.24) is 0 Å². The van der Waals surface area contributed by atoms with E-state index in [9.17, 15) is 14.4 Å². The summed E-state index contributed by atoms with van der Waals surface area (Å²) >= 11 is 0. The molecule has 0 radical (unpaired) electrons. The van der Waals surface area contributed by atoms with Gasteiger partial charge in [0.1, 0.15) is 5.75 Å². The number of hydrogen-bond donors (Lipinski definition) is 0. The summed E-state index contributed by atoms with van der Waals surface area (Å²) in [7, 11) is 2.76. The second kappa shape index (κ2) is 8.53. The molecule has 0 bridgehead atoms. The van der Waals surface area contributed by atoms with Gasteiger partial charge in [-0.2, -0.15) is 0 Å². The zero-order valence-corrected chi connectivity index (χ0v) is 17.7. The lowest BCUT2D eigenvalue weighted by Gasteiger charge is -2.26. The Kier molecular flexibility index (Phi) is 6.06. The molecule has 1 atom stereocenters. The lowest BCUT2D eigenvalue weighted by molar-refractivity contribution is 0.0846. The minimum atomic E-state index is -0.920. The van der Waals surface area contributed by atoms with Gasteiger partial charge in [-0.3, -0.25) is 14.4 Å². The number of aryl methyl sites for hydroxylation is 1. The Morgan fingerprint density at radius 1 is 1.07 bits per heavy atom. The minimum Gasteiger partial charge on any atom is -0.496 e. The maximum Gasteiger partial charge on any atom is 0.232 e. The molecule has 6 nitrogen and oxygen atoms in total. The first-order valence-electron chi connectivity index (χ1n) is 9.58. The van der Waals surface area contributed by atoms with Crippen LogP contribution in [0.4, 0.5) is 0 Å². The fourth-order valence-corrected chi connectivity index (χ4v) is 3.67. The smallest absolute Gasteiger partial charge is 0.232 e. The lowest BCUT2D eigenvalue weighted by atomic mass is 9.77. The standard InChI is InChI=1S/C24H24O6/c1-13(2)8-10-15(21(25)17-7-6-12-30-17)19-22(26)18-14(3)9-11-16(28-4)20(18)23(27)24(19)29-5/h6-9,11-12,15H,10H2,1-5H3. The molecule has 0 saturated carbocycles. The highest BCUT2D eigenvalue weighted by Crippen LogP contribution is 2.39. The number of carbonyl (C=O) groups excluding carboxylic acids is 3. The van der Waals surface area contributed by atoms with E-state index >= 15 is 0 Å². The predicted octanol–water partition coefficient (Wildman–Crippen LogP) is 4.73. The van der Waals surface area contributed by atoms with Crippen LogP contribution in [0.5, 0.6) is 5.75 Å². The van der Waals surface area contributed by atoms with Crippen LogP contribution in [0.2, 0.25) is 0 Å². The third-order valence-electron chi connectivity index (χ3n) is 5.14. The Bertz CT molecular complexity index is 1070. The SMILES string of the molecule is COC1=C(C(CC=C(C)C)C(=O)c2ccco2)C(=O)c2c(C)ccc(OC)c2C1=O. The molecule has 1 aliphatic carbocycles. The molecule has 156 valence electrons. The summed E-state index contributed by atoms with van der Waals surface area (Å²) in [6.45, 7) is 5.55. The van der Waals surface area contributed by atoms with Crippen molar-refractivity contribution >= 4 is 17.3 Å². The summed E-state index contributed by atoms with van der Waals surface area (Å²) < 4.78 is 16.0. The molecule has 1 heterocycles. The van der Waals surface area contributed by atoms with E-state index in [0.717, 1.165) is 5.57 Å². The maximum atomic E-state index is 13.6. The predicted molar refractivity (Wildman–Crippen MR) is 111 cm³/mol. The van der Waals surface area contributed by atoms with Crippen molar-refractivity contribution in [3.05, 3.63) is 76.0 Å². The Morgan fingerprint density at radius 3 is 2.37 bits per heavy atom. The highest BCUT2D eigenvalue weighted by Gasteiger charge is 2.42. The zero-order valence-electron chi connectivity index (χ0n) is 17.7. The number of methoxy groups -OCH3 is 2. The Morgan fingerprint density at radius 2 is 1.80 bits per heavy atom. The van der Waals surface area contributed by atoms with Gasteiger partial charge in [-0.15, -0.1) is 0 Å². The second-order valence-corrected chi connectivity index (χ2v) is 7.35. The molecule has 0 saturated heterocycles. The van der Waals surface area contributed by atoms with Gasteiger partial charge < -0.3 is 13.9 Å². The lowest BCUT2D eigenvalue weighted by Crippen LogP contribution is -2.31. The van der Waals surface area contributed by atoms with Gasteiger partial charge >= 0.3 is 0 Å². The number of ether oxygens (including phenoxy) is 2. The molecule has 0 spiro atoms. The van der Waals surface area contributed by atoms with Crippen LogP contribution in [0.1, 0.15) is 57.1 Å². The summed E-state index contributed by atoms with van der Waals surface area (Å²) in [6.07, 6.45) is 3.49. The van der Waals surface area contributed by atoms with E-state index in [0.29, 0.717) is 11.3 Å². The highest BCUT2D eigenvalue weighted by molar-refractivity contribution is 6.29. The fourth-order valence-electron chi connectivity index (χ4n) is 3.67. The van der Waals surface area contributed by atoms with Crippen LogP contribution in [0.15, 0.2) is 57.9 Å². The quantitative estimate of drug-likeness (QED) is 0.486. The van der Waals surface area contributed by atoms with Crippen LogP contribution < -0.4 is 4.74 Å². The van der Waals surface area contributed by atoms with E-state index < -0.39 is 17.5 Å². The number of hydrogen-bond acceptors (Lipinski definition) is 6. The summed E-state index contributed by atoms with van der Waals surface area (Å²) in [5.74, 6) is -1.91. The van der Waals surface area contributed by atoms with Gasteiger partial charge in [0.15, 0.2) is 17.3 Å². The molecule has 2 aromatic rings. The molecule has 1 unspecified atom stereocenters.